The molecule has 12 heavy (non-hydrogen) atoms. The number of aliphatic hydroxyl groups excluding tert-OH is 1. The van der Waals surface area contributed by atoms with Gasteiger partial charge in [-0.25, -0.2) is 4.98 Å². The molecule has 0 radical (unpaired) electrons. The van der Waals surface area contributed by atoms with Crippen LogP contribution in [0.3, 0.4) is 0 Å². The Balaban J connectivity index is 0.000000211. The van der Waals surface area contributed by atoms with E-state index in [4.69, 9.17) is 15.9 Å². The molecule has 1 aromatic rings. The average Bonchev–Trinajstić information content (AvgIpc) is 2.59. The number of nitrogens with zero attached hydrogens (tertiary/aromatic N) is 1. The van der Waals surface area contributed by atoms with Crippen molar-refractivity contribution in [2.45, 2.75) is 6.04 Å². The number of carbonyl (C=O) groups is 1. The van der Waals surface area contributed by atoms with Crippen LogP contribution in [0.2, 0.25) is 0 Å². The molecular formula is C6H10N2O4. The minimum absolute atomic E-state index is 0.505. The molecule has 0 aliphatic carbocycles. The number of oxazole rings is 1. The molecule has 6 nitrogen and oxygen atoms in total. The van der Waals surface area contributed by atoms with E-state index in [1.807, 2.05) is 0 Å². The lowest BCUT2D eigenvalue weighted by atomic mass is 10.3. The summed E-state index contributed by atoms with van der Waals surface area (Å²) in [7, 11) is 0. The van der Waals surface area contributed by atoms with Crippen LogP contribution in [0.4, 0.5) is 0 Å². The minimum atomic E-state index is -1.18. The highest BCUT2D eigenvalue weighted by atomic mass is 16.4. The number of rotatable bonds is 2. The number of hydrogen-bond acceptors (Lipinski definition) is 5. The molecule has 0 saturated carbocycles. The zero-order valence-electron chi connectivity index (χ0n) is 6.25. The number of aliphatic hydroxyl groups is 1. The molecule has 0 amide bonds. The summed E-state index contributed by atoms with van der Waals surface area (Å²) in [5.74, 6) is -1.18. The van der Waals surface area contributed by atoms with Crippen molar-refractivity contribution >= 4 is 5.97 Å². The van der Waals surface area contributed by atoms with E-state index in [0.29, 0.717) is 0 Å². The Morgan fingerprint density at radius 3 is 2.50 bits per heavy atom. The molecule has 0 aliphatic heterocycles. The Labute approximate surface area is 68.6 Å². The Morgan fingerprint density at radius 1 is 1.75 bits per heavy atom. The number of nitrogens with two attached hydrogens (primary N) is 1. The van der Waals surface area contributed by atoms with E-state index in [2.05, 4.69) is 9.40 Å². The molecule has 1 aromatic heterocycles. The molecule has 0 fully saturated rings. The maximum absolute atomic E-state index is 9.65. The molecule has 6 heteroatoms. The van der Waals surface area contributed by atoms with Crippen LogP contribution >= 0.6 is 0 Å². The zero-order chi connectivity index (χ0) is 9.40. The van der Waals surface area contributed by atoms with Gasteiger partial charge in [0.15, 0.2) is 6.39 Å². The molecule has 0 spiro atoms. The van der Waals surface area contributed by atoms with Crippen molar-refractivity contribution < 1.29 is 19.4 Å². The number of hydrogen-bond donors (Lipinski definition) is 3. The van der Waals surface area contributed by atoms with Gasteiger partial charge in [0, 0.05) is 0 Å². The van der Waals surface area contributed by atoms with Gasteiger partial charge < -0.3 is 20.4 Å². The second kappa shape index (κ2) is 6.32. The number of aromatic nitrogens is 1. The third-order valence-corrected chi connectivity index (χ3v) is 0.861. The van der Waals surface area contributed by atoms with Crippen molar-refractivity contribution in [3.8, 4) is 0 Å². The molecule has 0 aliphatic rings. The summed E-state index contributed by atoms with van der Waals surface area (Å²) < 4.78 is 4.47. The van der Waals surface area contributed by atoms with Crippen LogP contribution in [0, 0.1) is 0 Å². The molecular weight excluding hydrogens is 164 g/mol. The van der Waals surface area contributed by atoms with Crippen LogP contribution in [0.5, 0.6) is 0 Å². The first-order chi connectivity index (χ1) is 5.68. The van der Waals surface area contributed by atoms with Gasteiger partial charge in [-0.1, -0.05) is 0 Å². The molecule has 1 rings (SSSR count). The quantitative estimate of drug-likeness (QED) is 0.534. The van der Waals surface area contributed by atoms with Gasteiger partial charge in [-0.05, 0) is 0 Å². The van der Waals surface area contributed by atoms with E-state index in [-0.39, 0.29) is 0 Å². The first-order valence-electron chi connectivity index (χ1n) is 3.10. The van der Waals surface area contributed by atoms with Crippen molar-refractivity contribution in [1.82, 2.24) is 4.98 Å². The maximum atomic E-state index is 9.65. The lowest BCUT2D eigenvalue weighted by molar-refractivity contribution is -0.139. The molecule has 4 N–H and O–H groups in total. The second-order valence-corrected chi connectivity index (χ2v) is 1.80. The smallest absolute Gasteiger partial charge is 0.322 e. The Morgan fingerprint density at radius 2 is 2.42 bits per heavy atom. The standard InChI is InChI=1S/C3H7NO3.C3H3NO/c4-2(1-5)3(6)7;1-2-5-3-4-1/h2,5H,1,4H2,(H,6,7);1-3H. The van der Waals surface area contributed by atoms with Gasteiger partial charge in [-0.15, -0.1) is 0 Å². The molecule has 1 unspecified atom stereocenters. The van der Waals surface area contributed by atoms with Crippen molar-refractivity contribution in [2.75, 3.05) is 6.61 Å². The normalized spacial score (nSPS) is 11.2. The van der Waals surface area contributed by atoms with E-state index >= 15 is 0 Å². The van der Waals surface area contributed by atoms with Crippen LogP contribution in [-0.2, 0) is 4.79 Å². The van der Waals surface area contributed by atoms with Gasteiger partial charge in [0.25, 0.3) is 0 Å². The first-order valence-corrected chi connectivity index (χ1v) is 3.10. The lowest BCUT2D eigenvalue weighted by Crippen LogP contribution is -2.33. The van der Waals surface area contributed by atoms with Gasteiger partial charge in [0.05, 0.1) is 12.8 Å². The van der Waals surface area contributed by atoms with Gasteiger partial charge in [-0.3, -0.25) is 4.79 Å². The largest absolute Gasteiger partial charge is 0.480 e. The molecule has 68 valence electrons. The third kappa shape index (κ3) is 5.39. The van der Waals surface area contributed by atoms with Gasteiger partial charge in [0.1, 0.15) is 12.3 Å². The van der Waals surface area contributed by atoms with E-state index in [0.717, 1.165) is 0 Å². The predicted octanol–water partition coefficient (Wildman–Crippen LogP) is -0.935. The van der Waals surface area contributed by atoms with Crippen molar-refractivity contribution in [3.63, 3.8) is 0 Å². The minimum Gasteiger partial charge on any atom is -0.480 e. The topological polar surface area (TPSA) is 110 Å². The monoisotopic (exact) mass is 174 g/mol. The first kappa shape index (κ1) is 10.6. The summed E-state index contributed by atoms with van der Waals surface area (Å²) in [6.45, 7) is -0.505. The van der Waals surface area contributed by atoms with Crippen LogP contribution < -0.4 is 5.73 Å². The van der Waals surface area contributed by atoms with Crippen LogP contribution in [-0.4, -0.2) is 33.8 Å². The number of carboxylic acids is 1. The van der Waals surface area contributed by atoms with E-state index in [9.17, 15) is 4.79 Å². The lowest BCUT2D eigenvalue weighted by Gasteiger charge is -1.96. The third-order valence-electron chi connectivity index (χ3n) is 0.861. The molecule has 1 heterocycles. The van der Waals surface area contributed by atoms with E-state index in [1.165, 1.54) is 12.7 Å². The summed E-state index contributed by atoms with van der Waals surface area (Å²) in [5.41, 5.74) is 4.77. The van der Waals surface area contributed by atoms with Gasteiger partial charge in [-0.2, -0.15) is 0 Å². The molecule has 0 saturated heterocycles. The molecule has 0 aromatic carbocycles. The van der Waals surface area contributed by atoms with Crippen LogP contribution in [0.1, 0.15) is 0 Å². The Kier molecular flexibility index (Phi) is 5.58. The SMILES string of the molecule is NC(CO)C(=O)O.c1cocn1. The predicted molar refractivity (Wildman–Crippen MR) is 39.2 cm³/mol. The Bertz CT molecular complexity index is 182. The Hall–Kier alpha value is -1.40. The maximum Gasteiger partial charge on any atom is 0.322 e. The summed E-state index contributed by atoms with van der Waals surface area (Å²) >= 11 is 0. The summed E-state index contributed by atoms with van der Waals surface area (Å²) in [6.07, 6.45) is 4.47. The van der Waals surface area contributed by atoms with Crippen LogP contribution in [0.15, 0.2) is 23.3 Å². The fraction of sp³-hybridized carbons (Fsp3) is 0.333. The highest BCUT2D eigenvalue weighted by Gasteiger charge is 2.06. The van der Waals surface area contributed by atoms with Gasteiger partial charge in [0.2, 0.25) is 0 Å². The van der Waals surface area contributed by atoms with Gasteiger partial charge >= 0.3 is 5.97 Å². The molecule has 0 bridgehead atoms. The number of aliphatic carboxylic acids is 1. The number of carboxylic acid groups (broad SMARTS) is 1. The highest BCUT2D eigenvalue weighted by Crippen LogP contribution is 1.72. The van der Waals surface area contributed by atoms with Crippen molar-refractivity contribution in [3.05, 3.63) is 18.9 Å². The second-order valence-electron chi connectivity index (χ2n) is 1.80. The zero-order valence-corrected chi connectivity index (χ0v) is 6.25. The fourth-order valence-electron chi connectivity index (χ4n) is 0.254. The average molecular weight is 174 g/mol. The fourth-order valence-corrected chi connectivity index (χ4v) is 0.254. The summed E-state index contributed by atoms with van der Waals surface area (Å²) in [4.78, 5) is 13.2. The summed E-state index contributed by atoms with van der Waals surface area (Å²) in [6, 6.07) is -1.13. The highest BCUT2D eigenvalue weighted by molar-refractivity contribution is 5.73. The van der Waals surface area contributed by atoms with Crippen molar-refractivity contribution in [2.24, 2.45) is 5.73 Å². The summed E-state index contributed by atoms with van der Waals surface area (Å²) in [5, 5.41) is 15.9. The van der Waals surface area contributed by atoms with Crippen molar-refractivity contribution in [1.29, 1.82) is 0 Å². The molecule has 1 atom stereocenters. The van der Waals surface area contributed by atoms with E-state index in [1.54, 1.807) is 6.20 Å². The van der Waals surface area contributed by atoms with E-state index < -0.39 is 18.6 Å². The van der Waals surface area contributed by atoms with Crippen LogP contribution in [0.25, 0.3) is 0 Å².